The fourth-order valence-corrected chi connectivity index (χ4v) is 2.79. The fourth-order valence-electron chi connectivity index (χ4n) is 2.16. The van der Waals surface area contributed by atoms with E-state index in [-0.39, 0.29) is 17.7 Å². The summed E-state index contributed by atoms with van der Waals surface area (Å²) in [6, 6.07) is 11.0. The molecular weight excluding hydrogens is 308 g/mol. The van der Waals surface area contributed by atoms with Crippen LogP contribution in [0, 0.1) is 12.8 Å². The van der Waals surface area contributed by atoms with Gasteiger partial charge in [-0.05, 0) is 29.9 Å². The standard InChI is InChI=1S/C18H22N2O2S/c1-12(2)16(20-17(21)15-5-4-10-23-15)18(22)19-11-14-8-6-13(3)7-9-14/h4-10,12,16H,11H2,1-3H3,(H,19,22)(H,20,21)/t16-/m0/s1. The van der Waals surface area contributed by atoms with Gasteiger partial charge in [0.15, 0.2) is 0 Å². The van der Waals surface area contributed by atoms with Gasteiger partial charge < -0.3 is 10.6 Å². The smallest absolute Gasteiger partial charge is 0.262 e. The molecule has 5 heteroatoms. The molecule has 2 N–H and O–H groups in total. The number of nitrogens with one attached hydrogen (secondary N) is 2. The molecule has 0 aliphatic heterocycles. The first-order valence-corrected chi connectivity index (χ1v) is 8.53. The Hall–Kier alpha value is -2.14. The normalized spacial score (nSPS) is 12.0. The molecule has 2 amide bonds. The van der Waals surface area contributed by atoms with Crippen molar-refractivity contribution in [2.75, 3.05) is 0 Å². The highest BCUT2D eigenvalue weighted by Gasteiger charge is 2.24. The van der Waals surface area contributed by atoms with Gasteiger partial charge in [0.2, 0.25) is 5.91 Å². The highest BCUT2D eigenvalue weighted by molar-refractivity contribution is 7.12. The first-order valence-electron chi connectivity index (χ1n) is 7.65. The Bertz CT molecular complexity index is 648. The molecule has 0 saturated carbocycles. The predicted molar refractivity (Wildman–Crippen MR) is 93.4 cm³/mol. The molecule has 2 rings (SSSR count). The van der Waals surface area contributed by atoms with Gasteiger partial charge in [-0.3, -0.25) is 9.59 Å². The van der Waals surface area contributed by atoms with Gasteiger partial charge in [-0.25, -0.2) is 0 Å². The van der Waals surface area contributed by atoms with E-state index in [2.05, 4.69) is 10.6 Å². The lowest BCUT2D eigenvalue weighted by Gasteiger charge is -2.21. The lowest BCUT2D eigenvalue weighted by atomic mass is 10.0. The van der Waals surface area contributed by atoms with E-state index in [0.717, 1.165) is 5.56 Å². The van der Waals surface area contributed by atoms with Crippen LogP contribution in [0.25, 0.3) is 0 Å². The molecule has 0 saturated heterocycles. The zero-order valence-corrected chi connectivity index (χ0v) is 14.4. The fraction of sp³-hybridized carbons (Fsp3) is 0.333. The minimum absolute atomic E-state index is 0.0110. The summed E-state index contributed by atoms with van der Waals surface area (Å²) in [5, 5.41) is 7.57. The lowest BCUT2D eigenvalue weighted by Crippen LogP contribution is -2.49. The maximum absolute atomic E-state index is 12.4. The number of amides is 2. The summed E-state index contributed by atoms with van der Waals surface area (Å²) in [5.41, 5.74) is 2.22. The van der Waals surface area contributed by atoms with Crippen LogP contribution in [0.15, 0.2) is 41.8 Å². The number of aryl methyl sites for hydroxylation is 1. The van der Waals surface area contributed by atoms with E-state index in [1.54, 1.807) is 6.07 Å². The van der Waals surface area contributed by atoms with Gasteiger partial charge in [-0.15, -0.1) is 11.3 Å². The van der Waals surface area contributed by atoms with E-state index in [0.29, 0.717) is 11.4 Å². The lowest BCUT2D eigenvalue weighted by molar-refractivity contribution is -0.124. The quantitative estimate of drug-likeness (QED) is 0.855. The Balaban J connectivity index is 1.95. The number of hydrogen-bond donors (Lipinski definition) is 2. The Kier molecular flexibility index (Phi) is 5.93. The van der Waals surface area contributed by atoms with E-state index in [4.69, 9.17) is 0 Å². The third-order valence-electron chi connectivity index (χ3n) is 3.57. The van der Waals surface area contributed by atoms with Crippen molar-refractivity contribution in [2.24, 2.45) is 5.92 Å². The van der Waals surface area contributed by atoms with Crippen LogP contribution in [-0.4, -0.2) is 17.9 Å². The van der Waals surface area contributed by atoms with Gasteiger partial charge >= 0.3 is 0 Å². The average Bonchev–Trinajstić information content (AvgIpc) is 3.05. The van der Waals surface area contributed by atoms with E-state index in [1.807, 2.05) is 56.5 Å². The molecule has 0 radical (unpaired) electrons. The Morgan fingerprint density at radius 3 is 2.39 bits per heavy atom. The van der Waals surface area contributed by atoms with Crippen LogP contribution in [0.1, 0.15) is 34.6 Å². The second-order valence-corrected chi connectivity index (χ2v) is 6.82. The molecule has 122 valence electrons. The maximum atomic E-state index is 12.4. The summed E-state index contributed by atoms with van der Waals surface area (Å²) >= 11 is 1.36. The van der Waals surface area contributed by atoms with Gasteiger partial charge in [0, 0.05) is 6.54 Å². The third kappa shape index (κ3) is 4.93. The van der Waals surface area contributed by atoms with Crippen LogP contribution in [0.5, 0.6) is 0 Å². The van der Waals surface area contributed by atoms with Crippen molar-refractivity contribution in [3.05, 3.63) is 57.8 Å². The summed E-state index contributed by atoms with van der Waals surface area (Å²) in [5.74, 6) is -0.355. The summed E-state index contributed by atoms with van der Waals surface area (Å²) in [6.07, 6.45) is 0. The third-order valence-corrected chi connectivity index (χ3v) is 4.44. The molecular formula is C18H22N2O2S. The van der Waals surface area contributed by atoms with Crippen molar-refractivity contribution < 1.29 is 9.59 Å². The molecule has 4 nitrogen and oxygen atoms in total. The van der Waals surface area contributed by atoms with Crippen LogP contribution in [0.3, 0.4) is 0 Å². The van der Waals surface area contributed by atoms with Gasteiger partial charge in [0.1, 0.15) is 6.04 Å². The van der Waals surface area contributed by atoms with E-state index >= 15 is 0 Å². The largest absolute Gasteiger partial charge is 0.350 e. The number of thiophene rings is 1. The van der Waals surface area contributed by atoms with Gasteiger partial charge in [0.05, 0.1) is 4.88 Å². The minimum atomic E-state index is -0.546. The number of hydrogen-bond acceptors (Lipinski definition) is 3. The molecule has 1 heterocycles. The summed E-state index contributed by atoms with van der Waals surface area (Å²) in [7, 11) is 0. The first-order chi connectivity index (χ1) is 11.0. The zero-order chi connectivity index (χ0) is 16.8. The van der Waals surface area contributed by atoms with Crippen molar-refractivity contribution in [1.82, 2.24) is 10.6 Å². The molecule has 1 aromatic carbocycles. The molecule has 23 heavy (non-hydrogen) atoms. The van der Waals surface area contributed by atoms with Crippen molar-refractivity contribution in [1.29, 1.82) is 0 Å². The van der Waals surface area contributed by atoms with Crippen LogP contribution in [0.4, 0.5) is 0 Å². The van der Waals surface area contributed by atoms with Crippen LogP contribution in [-0.2, 0) is 11.3 Å². The van der Waals surface area contributed by atoms with Crippen molar-refractivity contribution in [3.8, 4) is 0 Å². The molecule has 1 aromatic heterocycles. The highest BCUT2D eigenvalue weighted by atomic mass is 32.1. The Labute approximate surface area is 140 Å². The molecule has 0 aliphatic carbocycles. The predicted octanol–water partition coefficient (Wildman–Crippen LogP) is 3.13. The van der Waals surface area contributed by atoms with Crippen LogP contribution in [0.2, 0.25) is 0 Å². The second kappa shape index (κ2) is 7.92. The zero-order valence-electron chi connectivity index (χ0n) is 13.6. The molecule has 0 unspecified atom stereocenters. The molecule has 0 bridgehead atoms. The van der Waals surface area contributed by atoms with Crippen molar-refractivity contribution in [2.45, 2.75) is 33.4 Å². The summed E-state index contributed by atoms with van der Waals surface area (Å²) in [4.78, 5) is 25.2. The molecule has 0 aliphatic rings. The van der Waals surface area contributed by atoms with E-state index in [1.165, 1.54) is 16.9 Å². The number of carbonyl (C=O) groups excluding carboxylic acids is 2. The average molecular weight is 330 g/mol. The molecule has 0 spiro atoms. The SMILES string of the molecule is Cc1ccc(CNC(=O)[C@@H](NC(=O)c2cccs2)C(C)C)cc1. The van der Waals surface area contributed by atoms with Gasteiger partial charge in [0.25, 0.3) is 5.91 Å². The number of carbonyl (C=O) groups is 2. The highest BCUT2D eigenvalue weighted by Crippen LogP contribution is 2.10. The minimum Gasteiger partial charge on any atom is -0.350 e. The number of rotatable bonds is 6. The van der Waals surface area contributed by atoms with Crippen molar-refractivity contribution in [3.63, 3.8) is 0 Å². The van der Waals surface area contributed by atoms with Crippen molar-refractivity contribution >= 4 is 23.2 Å². The maximum Gasteiger partial charge on any atom is 0.262 e. The van der Waals surface area contributed by atoms with E-state index < -0.39 is 6.04 Å². The second-order valence-electron chi connectivity index (χ2n) is 5.88. The molecule has 2 aromatic rings. The number of benzene rings is 1. The van der Waals surface area contributed by atoms with Crippen LogP contribution >= 0.6 is 11.3 Å². The summed E-state index contributed by atoms with van der Waals surface area (Å²) < 4.78 is 0. The van der Waals surface area contributed by atoms with E-state index in [9.17, 15) is 9.59 Å². The Morgan fingerprint density at radius 2 is 1.83 bits per heavy atom. The van der Waals surface area contributed by atoms with Gasteiger partial charge in [-0.2, -0.15) is 0 Å². The molecule has 1 atom stereocenters. The van der Waals surface area contributed by atoms with Crippen LogP contribution < -0.4 is 10.6 Å². The summed E-state index contributed by atoms with van der Waals surface area (Å²) in [6.45, 7) is 6.32. The topological polar surface area (TPSA) is 58.2 Å². The first kappa shape index (κ1) is 17.2. The molecule has 0 fully saturated rings. The monoisotopic (exact) mass is 330 g/mol. The van der Waals surface area contributed by atoms with Gasteiger partial charge in [-0.1, -0.05) is 49.7 Å². The Morgan fingerprint density at radius 1 is 1.13 bits per heavy atom.